The van der Waals surface area contributed by atoms with Gasteiger partial charge in [-0.05, 0) is 92.3 Å². The van der Waals surface area contributed by atoms with Gasteiger partial charge in [0.25, 0.3) is 0 Å². The highest BCUT2D eigenvalue weighted by Gasteiger charge is 2.58. The van der Waals surface area contributed by atoms with Gasteiger partial charge in [0.05, 0.1) is 0 Å². The molecule has 0 aromatic rings. The van der Waals surface area contributed by atoms with E-state index < -0.39 is 0 Å². The molecule has 0 saturated heterocycles. The van der Waals surface area contributed by atoms with E-state index in [4.69, 9.17) is 11.6 Å². The third-order valence-corrected chi connectivity index (χ3v) is 10.5. The van der Waals surface area contributed by atoms with E-state index in [1.807, 2.05) is 0 Å². The molecule has 4 aliphatic carbocycles. The van der Waals surface area contributed by atoms with Gasteiger partial charge in [0.2, 0.25) is 0 Å². The van der Waals surface area contributed by atoms with Gasteiger partial charge in [-0.2, -0.15) is 0 Å². The molecule has 4 rings (SSSR count). The van der Waals surface area contributed by atoms with E-state index in [0.717, 1.165) is 23.7 Å². The zero-order valence-corrected chi connectivity index (χ0v) is 19.7. The Kier molecular flexibility index (Phi) is 6.57. The summed E-state index contributed by atoms with van der Waals surface area (Å²) >= 11 is 6.55. The Morgan fingerprint density at radius 3 is 2.54 bits per heavy atom. The van der Waals surface area contributed by atoms with Crippen LogP contribution >= 0.6 is 11.6 Å². The van der Waals surface area contributed by atoms with E-state index >= 15 is 0 Å². The van der Waals surface area contributed by atoms with E-state index in [0.29, 0.717) is 16.2 Å². The van der Waals surface area contributed by atoms with Crippen molar-refractivity contribution < 1.29 is 0 Å². The molecule has 0 N–H and O–H groups in total. The topological polar surface area (TPSA) is 0 Å². The minimum absolute atomic E-state index is 0.401. The van der Waals surface area contributed by atoms with Gasteiger partial charge in [0.1, 0.15) is 0 Å². The predicted octanol–water partition coefficient (Wildman–Crippen LogP) is 8.92. The fourth-order valence-corrected chi connectivity index (χ4v) is 8.65. The van der Waals surface area contributed by atoms with Gasteiger partial charge in [0, 0.05) is 5.38 Å². The molecule has 0 spiro atoms. The van der Waals surface area contributed by atoms with E-state index in [-0.39, 0.29) is 0 Å². The summed E-state index contributed by atoms with van der Waals surface area (Å²) in [6.07, 6.45) is 24.1. The molecule has 0 aromatic carbocycles. The van der Waals surface area contributed by atoms with Crippen molar-refractivity contribution in [3.63, 3.8) is 0 Å². The summed E-state index contributed by atoms with van der Waals surface area (Å²) in [5.74, 6) is 3.93. The molecule has 160 valence electrons. The van der Waals surface area contributed by atoms with E-state index in [2.05, 4.69) is 26.8 Å². The van der Waals surface area contributed by atoms with Crippen LogP contribution in [0.25, 0.3) is 0 Å². The largest absolute Gasteiger partial charge is 0.123 e. The third-order valence-electron chi connectivity index (χ3n) is 10.1. The van der Waals surface area contributed by atoms with Gasteiger partial charge >= 0.3 is 0 Å². The maximum absolute atomic E-state index is 6.55. The molecule has 4 aliphatic rings. The fraction of sp³-hybridized carbons (Fsp3) is 0.926. The van der Waals surface area contributed by atoms with Crippen molar-refractivity contribution in [2.75, 3.05) is 0 Å². The Labute approximate surface area is 180 Å². The van der Waals surface area contributed by atoms with Crippen molar-refractivity contribution in [1.29, 1.82) is 0 Å². The van der Waals surface area contributed by atoms with Crippen LogP contribution in [0.15, 0.2) is 11.6 Å². The van der Waals surface area contributed by atoms with Crippen molar-refractivity contribution in [3.05, 3.63) is 11.6 Å². The Hall–Kier alpha value is 0.0300. The molecule has 1 heteroatoms. The highest BCUT2D eigenvalue weighted by atomic mass is 35.5. The van der Waals surface area contributed by atoms with Gasteiger partial charge < -0.3 is 0 Å². The number of alkyl halides is 1. The van der Waals surface area contributed by atoms with Gasteiger partial charge in [-0.25, -0.2) is 0 Å². The molecule has 0 unspecified atom stereocenters. The highest BCUT2D eigenvalue weighted by Crippen LogP contribution is 2.66. The molecule has 0 radical (unpaired) electrons. The number of hydrogen-bond acceptors (Lipinski definition) is 0. The van der Waals surface area contributed by atoms with Crippen LogP contribution in [0.2, 0.25) is 0 Å². The molecule has 0 aromatic heterocycles. The SMILES string of the molecule is CCCCCCCC[C@H]1CC[C@@H]2[C@H]3CC=C4C[C@@H](Cl)CC[C@]4(C)[C@@H]3CC[C@]12C. The number of fused-ring (bicyclic) bond motifs is 5. The predicted molar refractivity (Wildman–Crippen MR) is 123 cm³/mol. The molecule has 0 nitrogen and oxygen atoms in total. The highest BCUT2D eigenvalue weighted by molar-refractivity contribution is 6.20. The molecule has 7 atom stereocenters. The molecular weight excluding hydrogens is 360 g/mol. The minimum Gasteiger partial charge on any atom is -0.123 e. The summed E-state index contributed by atoms with van der Waals surface area (Å²) < 4.78 is 0. The smallest absolute Gasteiger partial charge is 0.0373 e. The molecule has 28 heavy (non-hydrogen) atoms. The Bertz CT molecular complexity index is 565. The van der Waals surface area contributed by atoms with Gasteiger partial charge in [0.15, 0.2) is 0 Å². The van der Waals surface area contributed by atoms with Crippen molar-refractivity contribution >= 4 is 11.6 Å². The quantitative estimate of drug-likeness (QED) is 0.225. The first-order valence-corrected chi connectivity index (χ1v) is 13.3. The van der Waals surface area contributed by atoms with Crippen LogP contribution in [-0.4, -0.2) is 5.38 Å². The first-order valence-electron chi connectivity index (χ1n) is 12.8. The molecule has 3 fully saturated rings. The molecule has 0 heterocycles. The molecule has 0 amide bonds. The number of hydrogen-bond donors (Lipinski definition) is 0. The second-order valence-corrected chi connectivity index (χ2v) is 12.1. The second kappa shape index (κ2) is 8.64. The monoisotopic (exact) mass is 404 g/mol. The average molecular weight is 405 g/mol. The van der Waals surface area contributed by atoms with Gasteiger partial charge in [-0.3, -0.25) is 0 Å². The number of halogens is 1. The van der Waals surface area contributed by atoms with Crippen molar-refractivity contribution in [1.82, 2.24) is 0 Å². The average Bonchev–Trinajstić information content (AvgIpc) is 3.01. The maximum Gasteiger partial charge on any atom is 0.0373 e. The first kappa shape index (κ1) is 21.3. The van der Waals surface area contributed by atoms with Crippen LogP contribution in [0.1, 0.15) is 117 Å². The summed E-state index contributed by atoms with van der Waals surface area (Å²) in [7, 11) is 0. The van der Waals surface area contributed by atoms with Crippen LogP contribution in [-0.2, 0) is 0 Å². The number of allylic oxidation sites excluding steroid dienone is 2. The van der Waals surface area contributed by atoms with Crippen molar-refractivity contribution in [2.24, 2.45) is 34.5 Å². The van der Waals surface area contributed by atoms with E-state index in [1.54, 1.807) is 5.57 Å². The lowest BCUT2D eigenvalue weighted by Gasteiger charge is -2.58. The van der Waals surface area contributed by atoms with E-state index in [9.17, 15) is 0 Å². The van der Waals surface area contributed by atoms with Gasteiger partial charge in [-0.1, -0.05) is 70.9 Å². The Balaban J connectivity index is 1.39. The fourth-order valence-electron chi connectivity index (χ4n) is 8.37. The number of unbranched alkanes of at least 4 members (excludes halogenated alkanes) is 5. The molecule has 0 aliphatic heterocycles. The summed E-state index contributed by atoms with van der Waals surface area (Å²) in [6, 6.07) is 0. The molecular formula is C27H45Cl. The van der Waals surface area contributed by atoms with Crippen LogP contribution in [0.4, 0.5) is 0 Å². The Morgan fingerprint density at radius 2 is 1.71 bits per heavy atom. The van der Waals surface area contributed by atoms with Crippen LogP contribution in [0.3, 0.4) is 0 Å². The van der Waals surface area contributed by atoms with Crippen LogP contribution in [0, 0.1) is 34.5 Å². The third kappa shape index (κ3) is 3.74. The van der Waals surface area contributed by atoms with Crippen molar-refractivity contribution in [2.45, 2.75) is 122 Å². The minimum atomic E-state index is 0.401. The zero-order chi connectivity index (χ0) is 19.8. The summed E-state index contributed by atoms with van der Waals surface area (Å²) in [4.78, 5) is 0. The standard InChI is InChI=1S/C27H45Cl/c1-4-5-6-7-8-9-10-20-12-14-24-23-13-11-21-19-22(28)15-17-27(21,3)25(23)16-18-26(20,24)2/h11,20,22-25H,4-10,12-19H2,1-3H3/t20-,22-,23+,24+,25+,26+,27-/m0/s1. The zero-order valence-electron chi connectivity index (χ0n) is 18.9. The normalized spacial score (nSPS) is 45.1. The molecule has 0 bridgehead atoms. The Morgan fingerprint density at radius 1 is 0.929 bits per heavy atom. The van der Waals surface area contributed by atoms with Crippen LogP contribution < -0.4 is 0 Å². The first-order chi connectivity index (χ1) is 13.5. The van der Waals surface area contributed by atoms with E-state index in [1.165, 1.54) is 96.3 Å². The summed E-state index contributed by atoms with van der Waals surface area (Å²) in [5.41, 5.74) is 2.87. The van der Waals surface area contributed by atoms with Crippen molar-refractivity contribution in [3.8, 4) is 0 Å². The van der Waals surface area contributed by atoms with Crippen LogP contribution in [0.5, 0.6) is 0 Å². The molecule has 3 saturated carbocycles. The van der Waals surface area contributed by atoms with Gasteiger partial charge in [-0.15, -0.1) is 11.6 Å². The second-order valence-electron chi connectivity index (χ2n) is 11.5. The summed E-state index contributed by atoms with van der Waals surface area (Å²) in [5, 5.41) is 0.401. The number of rotatable bonds is 7. The maximum atomic E-state index is 6.55. The lowest BCUT2D eigenvalue weighted by Crippen LogP contribution is -2.50. The summed E-state index contributed by atoms with van der Waals surface area (Å²) in [6.45, 7) is 7.64. The lowest BCUT2D eigenvalue weighted by molar-refractivity contribution is -0.0423. The lowest BCUT2D eigenvalue weighted by atomic mass is 9.47.